The number of carbonyl (C=O) groups is 1. The molecule has 0 aliphatic heterocycles. The molecule has 1 amide bonds. The number of aryl methyl sites for hydroxylation is 1. The molecule has 0 aromatic heterocycles. The molecule has 0 fully saturated rings. The number of nitrogens with zero attached hydrogens (tertiary/aromatic N) is 1. The van der Waals surface area contributed by atoms with Crippen molar-refractivity contribution in [1.29, 1.82) is 0 Å². The predicted octanol–water partition coefficient (Wildman–Crippen LogP) is 3.28. The van der Waals surface area contributed by atoms with Crippen molar-refractivity contribution in [1.82, 2.24) is 0 Å². The fraction of sp³-hybridized carbons (Fsp3) is 0.176. The highest BCUT2D eigenvalue weighted by molar-refractivity contribution is 9.10. The van der Waals surface area contributed by atoms with Crippen LogP contribution in [0, 0.1) is 0 Å². The topological polar surface area (TPSA) is 116 Å². The minimum atomic E-state index is -5.03. The molecule has 0 saturated heterocycles. The first-order valence-electron chi connectivity index (χ1n) is 7.76. The Morgan fingerprint density at radius 3 is 2.18 bits per heavy atom. The van der Waals surface area contributed by atoms with Crippen LogP contribution in [-0.4, -0.2) is 20.3 Å². The molecule has 0 aliphatic rings. The number of hydrogen-bond donors (Lipinski definition) is 2. The molecule has 11 heteroatoms. The Bertz CT molecular complexity index is 1050. The second-order valence-electron chi connectivity index (χ2n) is 5.66. The number of aliphatic imine (C=N–C) groups is 1. The SMILES string of the molecule is CCc1cc(S(=O)(=O)c2ccc(Br)cc2)c(C(F)(F)F)cc1C(=O)N=C(N)N. The number of hydrogen-bond acceptors (Lipinski definition) is 3. The summed E-state index contributed by atoms with van der Waals surface area (Å²) in [5.74, 6) is -1.71. The molecular weight excluding hydrogens is 463 g/mol. The van der Waals surface area contributed by atoms with Gasteiger partial charge in [0.25, 0.3) is 5.91 Å². The van der Waals surface area contributed by atoms with Crippen molar-refractivity contribution in [2.45, 2.75) is 29.3 Å². The van der Waals surface area contributed by atoms with Crippen LogP contribution in [0.3, 0.4) is 0 Å². The zero-order chi connectivity index (χ0) is 21.3. The number of amides is 1. The molecule has 0 radical (unpaired) electrons. The van der Waals surface area contributed by atoms with Crippen LogP contribution in [0.2, 0.25) is 0 Å². The number of rotatable bonds is 4. The van der Waals surface area contributed by atoms with Crippen LogP contribution >= 0.6 is 15.9 Å². The van der Waals surface area contributed by atoms with Crippen molar-refractivity contribution in [2.24, 2.45) is 16.5 Å². The zero-order valence-electron chi connectivity index (χ0n) is 14.4. The maximum Gasteiger partial charge on any atom is 0.417 e. The van der Waals surface area contributed by atoms with E-state index in [0.717, 1.165) is 6.07 Å². The Balaban J connectivity index is 2.82. The molecule has 2 aromatic rings. The molecule has 150 valence electrons. The first-order chi connectivity index (χ1) is 12.9. The zero-order valence-corrected chi connectivity index (χ0v) is 16.8. The van der Waals surface area contributed by atoms with E-state index in [1.807, 2.05) is 0 Å². The fourth-order valence-electron chi connectivity index (χ4n) is 2.48. The summed E-state index contributed by atoms with van der Waals surface area (Å²) in [5, 5.41) is 0. The summed E-state index contributed by atoms with van der Waals surface area (Å²) in [6.07, 6.45) is -4.95. The lowest BCUT2D eigenvalue weighted by atomic mass is 10.0. The van der Waals surface area contributed by atoms with Gasteiger partial charge in [0.15, 0.2) is 5.96 Å². The van der Waals surface area contributed by atoms with E-state index in [4.69, 9.17) is 11.5 Å². The summed E-state index contributed by atoms with van der Waals surface area (Å²) >= 11 is 3.14. The number of sulfone groups is 1. The van der Waals surface area contributed by atoms with Crippen LogP contribution in [0.4, 0.5) is 13.2 Å². The summed E-state index contributed by atoms with van der Waals surface area (Å²) in [6, 6.07) is 6.48. The van der Waals surface area contributed by atoms with Gasteiger partial charge in [-0.2, -0.15) is 18.2 Å². The predicted molar refractivity (Wildman–Crippen MR) is 101 cm³/mol. The third-order valence-corrected chi connectivity index (χ3v) is 6.10. The highest BCUT2D eigenvalue weighted by Crippen LogP contribution is 2.38. The molecule has 2 rings (SSSR count). The van der Waals surface area contributed by atoms with E-state index >= 15 is 0 Å². The molecule has 4 N–H and O–H groups in total. The third kappa shape index (κ3) is 4.53. The lowest BCUT2D eigenvalue weighted by Gasteiger charge is -2.17. The van der Waals surface area contributed by atoms with Crippen molar-refractivity contribution >= 4 is 37.6 Å². The quantitative estimate of drug-likeness (QED) is 0.517. The normalized spacial score (nSPS) is 11.9. The number of carbonyl (C=O) groups excluding carboxylic acids is 1. The highest BCUT2D eigenvalue weighted by Gasteiger charge is 2.39. The smallest absolute Gasteiger partial charge is 0.370 e. The molecule has 0 saturated carbocycles. The van der Waals surface area contributed by atoms with Gasteiger partial charge < -0.3 is 11.5 Å². The number of alkyl halides is 3. The van der Waals surface area contributed by atoms with E-state index < -0.39 is 43.9 Å². The monoisotopic (exact) mass is 477 g/mol. The standard InChI is InChI=1S/C17H15BrF3N3O3S/c1-2-9-7-14(28(26,27)11-5-3-10(18)4-6-11)13(17(19,20)21)8-12(9)15(25)24-16(22)23/h3-8H,2H2,1H3,(H4,22,23,24,25). The van der Waals surface area contributed by atoms with Crippen molar-refractivity contribution in [3.05, 3.63) is 57.6 Å². The Labute approximate surface area is 167 Å². The highest BCUT2D eigenvalue weighted by atomic mass is 79.9. The van der Waals surface area contributed by atoms with Crippen molar-refractivity contribution in [3.8, 4) is 0 Å². The third-order valence-electron chi connectivity index (χ3n) is 3.77. The molecule has 0 unspecified atom stereocenters. The first-order valence-corrected chi connectivity index (χ1v) is 10.0. The Morgan fingerprint density at radius 1 is 1.14 bits per heavy atom. The maximum absolute atomic E-state index is 13.6. The Hall–Kier alpha value is -2.40. The van der Waals surface area contributed by atoms with Gasteiger partial charge in [0.05, 0.1) is 15.4 Å². The van der Waals surface area contributed by atoms with Gasteiger partial charge in [-0.25, -0.2) is 8.42 Å². The Morgan fingerprint density at radius 2 is 1.71 bits per heavy atom. The van der Waals surface area contributed by atoms with Crippen LogP contribution < -0.4 is 11.5 Å². The van der Waals surface area contributed by atoms with E-state index in [2.05, 4.69) is 20.9 Å². The van der Waals surface area contributed by atoms with Gasteiger partial charge in [-0.1, -0.05) is 22.9 Å². The van der Waals surface area contributed by atoms with Gasteiger partial charge in [-0.15, -0.1) is 0 Å². The van der Waals surface area contributed by atoms with Gasteiger partial charge in [-0.05, 0) is 48.4 Å². The summed E-state index contributed by atoms with van der Waals surface area (Å²) < 4.78 is 67.2. The van der Waals surface area contributed by atoms with Gasteiger partial charge >= 0.3 is 6.18 Å². The van der Waals surface area contributed by atoms with Gasteiger partial charge in [-0.3, -0.25) is 4.79 Å². The molecule has 0 spiro atoms. The van der Waals surface area contributed by atoms with Crippen LogP contribution in [0.25, 0.3) is 0 Å². The summed E-state index contributed by atoms with van der Waals surface area (Å²) in [6.45, 7) is 1.56. The van der Waals surface area contributed by atoms with Crippen molar-refractivity contribution < 1.29 is 26.4 Å². The second-order valence-corrected chi connectivity index (χ2v) is 8.49. The number of guanidine groups is 1. The van der Waals surface area contributed by atoms with Crippen LogP contribution in [0.1, 0.15) is 28.4 Å². The summed E-state index contributed by atoms with van der Waals surface area (Å²) in [4.78, 5) is 14.1. The maximum atomic E-state index is 13.6. The van der Waals surface area contributed by atoms with E-state index in [9.17, 15) is 26.4 Å². The number of nitrogens with two attached hydrogens (primary N) is 2. The van der Waals surface area contributed by atoms with Crippen molar-refractivity contribution in [2.75, 3.05) is 0 Å². The van der Waals surface area contributed by atoms with E-state index in [-0.39, 0.29) is 16.9 Å². The molecule has 28 heavy (non-hydrogen) atoms. The molecular formula is C17H15BrF3N3O3S. The van der Waals surface area contributed by atoms with Crippen LogP contribution in [-0.2, 0) is 22.4 Å². The number of benzene rings is 2. The van der Waals surface area contributed by atoms with Crippen LogP contribution in [0.5, 0.6) is 0 Å². The lowest BCUT2D eigenvalue weighted by molar-refractivity contribution is -0.139. The minimum Gasteiger partial charge on any atom is -0.370 e. The average molecular weight is 478 g/mol. The molecule has 0 atom stereocenters. The largest absolute Gasteiger partial charge is 0.417 e. The molecule has 6 nitrogen and oxygen atoms in total. The number of halogens is 4. The molecule has 0 heterocycles. The molecule has 0 aliphatic carbocycles. The van der Waals surface area contributed by atoms with Gasteiger partial charge in [0.2, 0.25) is 9.84 Å². The van der Waals surface area contributed by atoms with E-state index in [0.29, 0.717) is 10.5 Å². The fourth-order valence-corrected chi connectivity index (χ4v) is 4.25. The minimum absolute atomic E-state index is 0.0682. The lowest BCUT2D eigenvalue weighted by Crippen LogP contribution is -2.24. The second kappa shape index (κ2) is 7.92. The van der Waals surface area contributed by atoms with E-state index in [1.54, 1.807) is 6.92 Å². The Kier molecular flexibility index (Phi) is 6.19. The summed E-state index contributed by atoms with van der Waals surface area (Å²) in [7, 11) is -4.50. The van der Waals surface area contributed by atoms with Gasteiger partial charge in [0, 0.05) is 10.0 Å². The van der Waals surface area contributed by atoms with Crippen LogP contribution in [0.15, 0.2) is 55.7 Å². The summed E-state index contributed by atoms with van der Waals surface area (Å²) in [5.41, 5.74) is 8.42. The average Bonchev–Trinajstić information content (AvgIpc) is 2.59. The van der Waals surface area contributed by atoms with E-state index in [1.165, 1.54) is 24.3 Å². The van der Waals surface area contributed by atoms with Gasteiger partial charge in [0.1, 0.15) is 0 Å². The molecule has 2 aromatic carbocycles. The molecule has 0 bridgehead atoms. The first kappa shape index (κ1) is 21.9. The van der Waals surface area contributed by atoms with Crippen molar-refractivity contribution in [3.63, 3.8) is 0 Å².